The van der Waals surface area contributed by atoms with Gasteiger partial charge in [0.1, 0.15) is 11.5 Å². The van der Waals surface area contributed by atoms with Crippen LogP contribution in [-0.2, 0) is 6.54 Å². The van der Waals surface area contributed by atoms with E-state index in [1.807, 2.05) is 13.0 Å². The number of nitrogens with zero attached hydrogens (tertiary/aromatic N) is 2. The lowest BCUT2D eigenvalue weighted by molar-refractivity contribution is 0.0945. The highest BCUT2D eigenvalue weighted by atomic mass is 19.1. The highest BCUT2D eigenvalue weighted by Gasteiger charge is 2.11. The molecule has 21 heavy (non-hydrogen) atoms. The summed E-state index contributed by atoms with van der Waals surface area (Å²) in [6.07, 6.45) is 2.67. The standard InChI is InChI=1S/C15H16FN3O2/c1-3-21-15-11(5-4-6-17-15)8-19-14(20)13-7-10(2)12(16)9-18-13/h4-7,9H,3,8H2,1-2H3,(H,19,20). The molecule has 0 atom stereocenters. The zero-order valence-corrected chi connectivity index (χ0v) is 11.9. The van der Waals surface area contributed by atoms with Crippen LogP contribution in [0, 0.1) is 12.7 Å². The van der Waals surface area contributed by atoms with Crippen LogP contribution in [0.15, 0.2) is 30.6 Å². The zero-order valence-electron chi connectivity index (χ0n) is 11.9. The van der Waals surface area contributed by atoms with Crippen LogP contribution in [0.2, 0.25) is 0 Å². The lowest BCUT2D eigenvalue weighted by atomic mass is 10.2. The maximum absolute atomic E-state index is 13.1. The van der Waals surface area contributed by atoms with Gasteiger partial charge in [-0.2, -0.15) is 0 Å². The maximum atomic E-state index is 13.1. The van der Waals surface area contributed by atoms with E-state index >= 15 is 0 Å². The number of ether oxygens (including phenoxy) is 1. The van der Waals surface area contributed by atoms with E-state index in [1.165, 1.54) is 6.07 Å². The molecule has 0 bridgehead atoms. The van der Waals surface area contributed by atoms with Gasteiger partial charge in [0.05, 0.1) is 12.8 Å². The van der Waals surface area contributed by atoms with Crippen molar-refractivity contribution in [3.63, 3.8) is 0 Å². The number of carbonyl (C=O) groups is 1. The first-order valence-corrected chi connectivity index (χ1v) is 6.59. The smallest absolute Gasteiger partial charge is 0.270 e. The Morgan fingerprint density at radius 1 is 1.43 bits per heavy atom. The number of rotatable bonds is 5. The Labute approximate surface area is 122 Å². The molecule has 1 amide bonds. The summed E-state index contributed by atoms with van der Waals surface area (Å²) >= 11 is 0. The second-order valence-electron chi connectivity index (χ2n) is 4.40. The summed E-state index contributed by atoms with van der Waals surface area (Å²) in [5, 5.41) is 2.72. The molecule has 0 radical (unpaired) electrons. The first kappa shape index (κ1) is 14.9. The Balaban J connectivity index is 2.05. The Hall–Kier alpha value is -2.50. The fourth-order valence-corrected chi connectivity index (χ4v) is 1.75. The first-order valence-electron chi connectivity index (χ1n) is 6.59. The highest BCUT2D eigenvalue weighted by Crippen LogP contribution is 2.14. The first-order chi connectivity index (χ1) is 10.1. The minimum atomic E-state index is -0.433. The van der Waals surface area contributed by atoms with Crippen molar-refractivity contribution in [2.45, 2.75) is 20.4 Å². The average Bonchev–Trinajstić information content (AvgIpc) is 2.49. The predicted octanol–water partition coefficient (Wildman–Crippen LogP) is 2.25. The third-order valence-corrected chi connectivity index (χ3v) is 2.85. The van der Waals surface area contributed by atoms with Gasteiger partial charge < -0.3 is 10.1 Å². The van der Waals surface area contributed by atoms with Crippen molar-refractivity contribution in [3.05, 3.63) is 53.2 Å². The molecule has 0 aromatic carbocycles. The normalized spacial score (nSPS) is 10.2. The van der Waals surface area contributed by atoms with Gasteiger partial charge in [-0.25, -0.2) is 14.4 Å². The Kier molecular flexibility index (Phi) is 4.81. The number of pyridine rings is 2. The van der Waals surface area contributed by atoms with Gasteiger partial charge >= 0.3 is 0 Å². The van der Waals surface area contributed by atoms with Crippen LogP contribution < -0.4 is 10.1 Å². The molecule has 0 saturated carbocycles. The van der Waals surface area contributed by atoms with Gasteiger partial charge in [-0.3, -0.25) is 4.79 Å². The fraction of sp³-hybridized carbons (Fsp3) is 0.267. The third-order valence-electron chi connectivity index (χ3n) is 2.85. The number of aromatic nitrogens is 2. The van der Waals surface area contributed by atoms with E-state index in [2.05, 4.69) is 15.3 Å². The predicted molar refractivity (Wildman–Crippen MR) is 75.5 cm³/mol. The second-order valence-corrected chi connectivity index (χ2v) is 4.40. The van der Waals surface area contributed by atoms with Crippen LogP contribution in [0.1, 0.15) is 28.5 Å². The summed E-state index contributed by atoms with van der Waals surface area (Å²) in [5.74, 6) is -0.314. The number of halogens is 1. The quantitative estimate of drug-likeness (QED) is 0.917. The number of nitrogens with one attached hydrogen (secondary N) is 1. The summed E-state index contributed by atoms with van der Waals surface area (Å²) in [7, 11) is 0. The molecular formula is C15H16FN3O2. The summed E-state index contributed by atoms with van der Waals surface area (Å²) in [5.41, 5.74) is 1.33. The molecule has 2 aromatic heterocycles. The van der Waals surface area contributed by atoms with Crippen LogP contribution in [-0.4, -0.2) is 22.5 Å². The molecule has 0 spiro atoms. The molecule has 1 N–H and O–H groups in total. The van der Waals surface area contributed by atoms with Crippen LogP contribution in [0.5, 0.6) is 5.88 Å². The zero-order chi connectivity index (χ0) is 15.2. The van der Waals surface area contributed by atoms with Crippen molar-refractivity contribution in [1.29, 1.82) is 0 Å². The van der Waals surface area contributed by atoms with Crippen molar-refractivity contribution in [2.24, 2.45) is 0 Å². The van der Waals surface area contributed by atoms with E-state index in [4.69, 9.17) is 4.74 Å². The molecule has 5 nitrogen and oxygen atoms in total. The average molecular weight is 289 g/mol. The molecule has 0 aliphatic heterocycles. The number of hydrogen-bond donors (Lipinski definition) is 1. The van der Waals surface area contributed by atoms with Gasteiger partial charge in [-0.1, -0.05) is 6.07 Å². The van der Waals surface area contributed by atoms with Crippen LogP contribution in [0.4, 0.5) is 4.39 Å². The van der Waals surface area contributed by atoms with Crippen molar-refractivity contribution < 1.29 is 13.9 Å². The summed E-state index contributed by atoms with van der Waals surface area (Å²) < 4.78 is 18.5. The molecule has 0 aliphatic rings. The van der Waals surface area contributed by atoms with E-state index in [-0.39, 0.29) is 18.1 Å². The molecule has 0 unspecified atom stereocenters. The summed E-state index contributed by atoms with van der Waals surface area (Å²) in [6.45, 7) is 4.21. The van der Waals surface area contributed by atoms with E-state index < -0.39 is 5.82 Å². The molecule has 110 valence electrons. The lowest BCUT2D eigenvalue weighted by Gasteiger charge is -2.09. The van der Waals surface area contributed by atoms with Crippen LogP contribution in [0.25, 0.3) is 0 Å². The number of hydrogen-bond acceptors (Lipinski definition) is 4. The van der Waals surface area contributed by atoms with Gasteiger partial charge in [0.15, 0.2) is 0 Å². The monoisotopic (exact) mass is 289 g/mol. The molecule has 2 rings (SSSR count). The summed E-state index contributed by atoms with van der Waals surface area (Å²) in [6, 6.07) is 5.00. The van der Waals surface area contributed by atoms with E-state index in [1.54, 1.807) is 19.2 Å². The van der Waals surface area contributed by atoms with E-state index in [0.717, 1.165) is 11.8 Å². The molecule has 2 heterocycles. The van der Waals surface area contributed by atoms with Crippen molar-refractivity contribution in [3.8, 4) is 5.88 Å². The molecule has 0 aliphatic carbocycles. The molecule has 0 fully saturated rings. The van der Waals surface area contributed by atoms with Gasteiger partial charge in [0, 0.05) is 18.3 Å². The minimum Gasteiger partial charge on any atom is -0.478 e. The fourth-order valence-electron chi connectivity index (χ4n) is 1.75. The van der Waals surface area contributed by atoms with Crippen LogP contribution >= 0.6 is 0 Å². The van der Waals surface area contributed by atoms with Gasteiger partial charge in [-0.15, -0.1) is 0 Å². The van der Waals surface area contributed by atoms with Gasteiger partial charge in [0.2, 0.25) is 5.88 Å². The molecular weight excluding hydrogens is 273 g/mol. The van der Waals surface area contributed by atoms with E-state index in [9.17, 15) is 9.18 Å². The second kappa shape index (κ2) is 6.78. The largest absolute Gasteiger partial charge is 0.478 e. The SMILES string of the molecule is CCOc1ncccc1CNC(=O)c1cc(C)c(F)cn1. The Morgan fingerprint density at radius 2 is 2.24 bits per heavy atom. The maximum Gasteiger partial charge on any atom is 0.270 e. The molecule has 0 saturated heterocycles. The van der Waals surface area contributed by atoms with Gasteiger partial charge in [0.25, 0.3) is 5.91 Å². The number of carbonyl (C=O) groups excluding carboxylic acids is 1. The third kappa shape index (κ3) is 3.75. The highest BCUT2D eigenvalue weighted by molar-refractivity contribution is 5.92. The topological polar surface area (TPSA) is 64.1 Å². The van der Waals surface area contributed by atoms with Gasteiger partial charge in [-0.05, 0) is 31.5 Å². The number of aryl methyl sites for hydroxylation is 1. The van der Waals surface area contributed by atoms with Crippen molar-refractivity contribution in [1.82, 2.24) is 15.3 Å². The molecule has 6 heteroatoms. The van der Waals surface area contributed by atoms with E-state index in [0.29, 0.717) is 18.1 Å². The minimum absolute atomic E-state index is 0.177. The summed E-state index contributed by atoms with van der Waals surface area (Å²) in [4.78, 5) is 19.9. The number of amides is 1. The lowest BCUT2D eigenvalue weighted by Crippen LogP contribution is -2.24. The van der Waals surface area contributed by atoms with Crippen molar-refractivity contribution in [2.75, 3.05) is 6.61 Å². The molecule has 2 aromatic rings. The van der Waals surface area contributed by atoms with Crippen molar-refractivity contribution >= 4 is 5.91 Å². The van der Waals surface area contributed by atoms with Crippen LogP contribution in [0.3, 0.4) is 0 Å². The Bertz CT molecular complexity index is 647. The Morgan fingerprint density at radius 3 is 2.95 bits per heavy atom.